The number of aromatic amines is 1. The Morgan fingerprint density at radius 3 is 2.75 bits per heavy atom. The monoisotopic (exact) mass is 328 g/mol. The molecule has 0 radical (unpaired) electrons. The Morgan fingerprint density at radius 1 is 1.33 bits per heavy atom. The molecule has 3 rings (SSSR count). The lowest BCUT2D eigenvalue weighted by Gasteiger charge is -2.36. The van der Waals surface area contributed by atoms with Gasteiger partial charge in [-0.15, -0.1) is 0 Å². The lowest BCUT2D eigenvalue weighted by atomic mass is 9.86. The van der Waals surface area contributed by atoms with E-state index in [1.165, 1.54) is 0 Å². The summed E-state index contributed by atoms with van der Waals surface area (Å²) in [5, 5.41) is 13.2. The normalized spacial score (nSPS) is 19.5. The minimum absolute atomic E-state index is 0.120. The van der Waals surface area contributed by atoms with E-state index in [4.69, 9.17) is 4.74 Å². The van der Waals surface area contributed by atoms with Crippen LogP contribution in [0.3, 0.4) is 0 Å². The van der Waals surface area contributed by atoms with Crippen LogP contribution in [0.25, 0.3) is 0 Å². The first-order chi connectivity index (χ1) is 11.3. The average molecular weight is 328 g/mol. The molecule has 0 fully saturated rings. The van der Waals surface area contributed by atoms with Crippen LogP contribution in [-0.2, 0) is 17.8 Å². The molecule has 128 valence electrons. The van der Waals surface area contributed by atoms with Crippen molar-refractivity contribution in [3.8, 4) is 11.5 Å². The quantitative estimate of drug-likeness (QED) is 0.811. The third-order valence-electron chi connectivity index (χ3n) is 5.10. The summed E-state index contributed by atoms with van der Waals surface area (Å²) < 4.78 is 6.17. The predicted molar refractivity (Wildman–Crippen MR) is 92.3 cm³/mol. The van der Waals surface area contributed by atoms with Crippen molar-refractivity contribution < 1.29 is 14.6 Å². The molecule has 1 unspecified atom stereocenters. The molecular weight excluding hydrogens is 304 g/mol. The van der Waals surface area contributed by atoms with Crippen LogP contribution < -0.4 is 10.1 Å². The molecule has 2 aromatic rings. The summed E-state index contributed by atoms with van der Waals surface area (Å²) >= 11 is 0. The smallest absolute Gasteiger partial charge is 0.264 e. The highest BCUT2D eigenvalue weighted by molar-refractivity contribution is 5.85. The zero-order chi connectivity index (χ0) is 17.5. The molecule has 24 heavy (non-hydrogen) atoms. The van der Waals surface area contributed by atoms with Crippen LogP contribution in [0, 0.1) is 20.8 Å². The molecule has 1 atom stereocenters. The molecule has 1 aromatic heterocycles. The molecule has 2 heterocycles. The molecule has 0 spiro atoms. The van der Waals surface area contributed by atoms with Gasteiger partial charge in [0.1, 0.15) is 11.5 Å². The van der Waals surface area contributed by atoms with Gasteiger partial charge in [-0.2, -0.15) is 0 Å². The molecule has 0 aliphatic carbocycles. The van der Waals surface area contributed by atoms with E-state index in [0.29, 0.717) is 25.1 Å². The number of aromatic nitrogens is 1. The zero-order valence-electron chi connectivity index (χ0n) is 14.6. The van der Waals surface area contributed by atoms with Gasteiger partial charge in [0.25, 0.3) is 5.91 Å². The van der Waals surface area contributed by atoms with Crippen molar-refractivity contribution in [1.29, 1.82) is 0 Å². The lowest BCUT2D eigenvalue weighted by molar-refractivity contribution is -0.137. The number of benzene rings is 1. The number of ether oxygens (including phenoxy) is 1. The molecule has 5 heteroatoms. The van der Waals surface area contributed by atoms with Gasteiger partial charge in [-0.05, 0) is 62.9 Å². The minimum Gasteiger partial charge on any atom is -0.507 e. The first-order valence-corrected chi connectivity index (χ1v) is 8.24. The number of hydrogen-bond acceptors (Lipinski definition) is 3. The zero-order valence-corrected chi connectivity index (χ0v) is 14.6. The minimum atomic E-state index is -0.903. The van der Waals surface area contributed by atoms with E-state index in [9.17, 15) is 9.90 Å². The maximum atomic E-state index is 12.7. The maximum Gasteiger partial charge on any atom is 0.264 e. The predicted octanol–water partition coefficient (Wildman–Crippen LogP) is 3.05. The first-order valence-electron chi connectivity index (χ1n) is 8.24. The molecular formula is C19H24N2O3. The summed E-state index contributed by atoms with van der Waals surface area (Å²) in [5.41, 5.74) is 3.61. The molecule has 1 aromatic carbocycles. The van der Waals surface area contributed by atoms with Crippen LogP contribution in [0.4, 0.5) is 0 Å². The largest absolute Gasteiger partial charge is 0.507 e. The highest BCUT2D eigenvalue weighted by atomic mass is 16.5. The van der Waals surface area contributed by atoms with E-state index >= 15 is 0 Å². The summed E-state index contributed by atoms with van der Waals surface area (Å²) in [6, 6.07) is 3.83. The number of amides is 1. The summed E-state index contributed by atoms with van der Waals surface area (Å²) in [7, 11) is 0. The third kappa shape index (κ3) is 2.64. The van der Waals surface area contributed by atoms with Crippen molar-refractivity contribution >= 4 is 5.91 Å². The molecule has 0 bridgehead atoms. The fourth-order valence-corrected chi connectivity index (χ4v) is 3.25. The molecule has 1 aliphatic rings. The second-order valence-electron chi connectivity index (χ2n) is 6.74. The number of carbonyl (C=O) groups excluding carboxylic acids is 1. The topological polar surface area (TPSA) is 74.4 Å². The van der Waals surface area contributed by atoms with Gasteiger partial charge in [-0.1, -0.05) is 0 Å². The highest BCUT2D eigenvalue weighted by Gasteiger charge is 2.40. The third-order valence-corrected chi connectivity index (χ3v) is 5.10. The Bertz CT molecular complexity index is 781. The van der Waals surface area contributed by atoms with Gasteiger partial charge < -0.3 is 20.1 Å². The summed E-state index contributed by atoms with van der Waals surface area (Å²) in [6.45, 7) is 7.98. The Labute approximate surface area is 142 Å². The SMILES string of the molecule is Cc1c(C)c2c(c(C)c1O)CCC(C)(C(=O)NCc1ccc[nH]1)O2. The van der Waals surface area contributed by atoms with Gasteiger partial charge in [0, 0.05) is 23.9 Å². The maximum absolute atomic E-state index is 12.7. The van der Waals surface area contributed by atoms with Crippen LogP contribution in [0.15, 0.2) is 18.3 Å². The lowest BCUT2D eigenvalue weighted by Crippen LogP contribution is -2.50. The number of nitrogens with one attached hydrogen (secondary N) is 2. The Hall–Kier alpha value is -2.43. The van der Waals surface area contributed by atoms with E-state index < -0.39 is 5.60 Å². The number of fused-ring (bicyclic) bond motifs is 1. The second kappa shape index (κ2) is 5.89. The van der Waals surface area contributed by atoms with Crippen LogP contribution in [0.5, 0.6) is 11.5 Å². The van der Waals surface area contributed by atoms with Crippen LogP contribution in [0.2, 0.25) is 0 Å². The summed E-state index contributed by atoms with van der Waals surface area (Å²) in [6.07, 6.45) is 3.12. The Morgan fingerprint density at radius 2 is 2.08 bits per heavy atom. The van der Waals surface area contributed by atoms with Gasteiger partial charge >= 0.3 is 0 Å². The van der Waals surface area contributed by atoms with E-state index in [1.807, 2.05) is 46.0 Å². The van der Waals surface area contributed by atoms with Crippen LogP contribution in [-0.4, -0.2) is 21.6 Å². The number of rotatable bonds is 3. The molecule has 1 amide bonds. The Balaban J connectivity index is 1.84. The fourth-order valence-electron chi connectivity index (χ4n) is 3.25. The molecule has 5 nitrogen and oxygen atoms in total. The standard InChI is InChI=1S/C19H24N2O3/c1-11-12(2)17-15(13(3)16(11)22)7-8-19(4,24-17)18(23)21-10-14-6-5-9-20-14/h5-6,9,20,22H,7-8,10H2,1-4H3,(H,21,23). The summed E-state index contributed by atoms with van der Waals surface area (Å²) in [5.74, 6) is 0.951. The van der Waals surface area contributed by atoms with Crippen molar-refractivity contribution in [1.82, 2.24) is 10.3 Å². The average Bonchev–Trinajstić information content (AvgIpc) is 3.09. The van der Waals surface area contributed by atoms with E-state index in [-0.39, 0.29) is 5.91 Å². The molecule has 0 saturated heterocycles. The van der Waals surface area contributed by atoms with E-state index in [1.54, 1.807) is 0 Å². The van der Waals surface area contributed by atoms with E-state index in [2.05, 4.69) is 10.3 Å². The number of phenolic OH excluding ortho intramolecular Hbond substituents is 1. The second-order valence-corrected chi connectivity index (χ2v) is 6.74. The molecule has 0 saturated carbocycles. The number of aromatic hydroxyl groups is 1. The Kier molecular flexibility index (Phi) is 4.03. The number of hydrogen-bond donors (Lipinski definition) is 3. The number of carbonyl (C=O) groups is 1. The van der Waals surface area contributed by atoms with Crippen molar-refractivity contribution in [3.63, 3.8) is 0 Å². The van der Waals surface area contributed by atoms with Gasteiger partial charge in [-0.3, -0.25) is 4.79 Å². The van der Waals surface area contributed by atoms with Gasteiger partial charge in [0.05, 0.1) is 6.54 Å². The van der Waals surface area contributed by atoms with Crippen LogP contribution >= 0.6 is 0 Å². The van der Waals surface area contributed by atoms with Crippen molar-refractivity contribution in [2.75, 3.05) is 0 Å². The van der Waals surface area contributed by atoms with Crippen molar-refractivity contribution in [3.05, 3.63) is 46.3 Å². The summed E-state index contributed by atoms with van der Waals surface area (Å²) in [4.78, 5) is 15.7. The molecule has 3 N–H and O–H groups in total. The number of phenols is 1. The highest BCUT2D eigenvalue weighted by Crippen LogP contribution is 2.43. The molecule has 1 aliphatic heterocycles. The van der Waals surface area contributed by atoms with Crippen LogP contribution in [0.1, 0.15) is 41.3 Å². The number of H-pyrrole nitrogens is 1. The van der Waals surface area contributed by atoms with Gasteiger partial charge in [0.15, 0.2) is 5.60 Å². The van der Waals surface area contributed by atoms with Crippen molar-refractivity contribution in [2.24, 2.45) is 0 Å². The van der Waals surface area contributed by atoms with Gasteiger partial charge in [-0.25, -0.2) is 0 Å². The van der Waals surface area contributed by atoms with Crippen molar-refractivity contribution in [2.45, 2.75) is 52.7 Å². The first kappa shape index (κ1) is 16.4. The van der Waals surface area contributed by atoms with Gasteiger partial charge in [0.2, 0.25) is 0 Å². The fraction of sp³-hybridized carbons (Fsp3) is 0.421. The van der Waals surface area contributed by atoms with E-state index in [0.717, 1.165) is 33.7 Å².